The Morgan fingerprint density at radius 1 is 1.29 bits per heavy atom. The maximum Gasteiger partial charge on any atom is 0.228 e. The van der Waals surface area contributed by atoms with Crippen LogP contribution in [0.25, 0.3) is 0 Å². The summed E-state index contributed by atoms with van der Waals surface area (Å²) in [4.78, 5) is 18.3. The van der Waals surface area contributed by atoms with Crippen LogP contribution < -0.4 is 0 Å². The van der Waals surface area contributed by atoms with Crippen LogP contribution in [0, 0.1) is 5.92 Å². The van der Waals surface area contributed by atoms with Crippen LogP contribution in [0.3, 0.4) is 0 Å². The van der Waals surface area contributed by atoms with Crippen molar-refractivity contribution in [2.75, 3.05) is 32.9 Å². The highest BCUT2D eigenvalue weighted by Crippen LogP contribution is 2.36. The summed E-state index contributed by atoms with van der Waals surface area (Å²) in [6.07, 6.45) is 6.39. The molecule has 0 bridgehead atoms. The number of amides is 1. The molecule has 4 rings (SSSR count). The lowest BCUT2D eigenvalue weighted by Crippen LogP contribution is -2.68. The van der Waals surface area contributed by atoms with Crippen LogP contribution >= 0.6 is 0 Å². The molecular weight excluding hydrogens is 308 g/mol. The van der Waals surface area contributed by atoms with E-state index in [0.29, 0.717) is 39.5 Å². The second-order valence-electron chi connectivity index (χ2n) is 7.07. The van der Waals surface area contributed by atoms with Crippen LogP contribution in [0.1, 0.15) is 24.8 Å². The van der Waals surface area contributed by atoms with Crippen LogP contribution in [0.2, 0.25) is 0 Å². The molecule has 1 aromatic rings. The van der Waals surface area contributed by atoms with E-state index in [9.17, 15) is 4.79 Å². The number of carbonyl (C=O) groups is 1. The Labute approximate surface area is 142 Å². The zero-order valence-electron chi connectivity index (χ0n) is 13.9. The fourth-order valence-electron chi connectivity index (χ4n) is 3.83. The van der Waals surface area contributed by atoms with Gasteiger partial charge in [-0.15, -0.1) is 0 Å². The molecule has 2 atom stereocenters. The van der Waals surface area contributed by atoms with Gasteiger partial charge in [-0.05, 0) is 30.5 Å². The Morgan fingerprint density at radius 3 is 2.88 bits per heavy atom. The predicted octanol–water partition coefficient (Wildman–Crippen LogP) is 1.39. The van der Waals surface area contributed by atoms with Gasteiger partial charge in [0, 0.05) is 32.0 Å². The van der Waals surface area contributed by atoms with Crippen molar-refractivity contribution in [3.05, 3.63) is 30.1 Å². The Kier molecular flexibility index (Phi) is 4.52. The molecule has 1 spiro atoms. The van der Waals surface area contributed by atoms with E-state index in [4.69, 9.17) is 14.2 Å². The third-order valence-electron chi connectivity index (χ3n) is 5.23. The topological polar surface area (TPSA) is 60.9 Å². The van der Waals surface area contributed by atoms with Gasteiger partial charge in [-0.2, -0.15) is 0 Å². The number of nitrogens with zero attached hydrogens (tertiary/aromatic N) is 2. The van der Waals surface area contributed by atoms with Crippen molar-refractivity contribution < 1.29 is 19.0 Å². The molecule has 3 fully saturated rings. The third kappa shape index (κ3) is 3.31. The van der Waals surface area contributed by atoms with Crippen molar-refractivity contribution in [2.45, 2.75) is 37.6 Å². The van der Waals surface area contributed by atoms with Gasteiger partial charge in [-0.25, -0.2) is 0 Å². The molecule has 130 valence electrons. The van der Waals surface area contributed by atoms with Gasteiger partial charge in [0.25, 0.3) is 0 Å². The molecule has 3 aliphatic rings. The average molecular weight is 332 g/mol. The number of hydrogen-bond acceptors (Lipinski definition) is 5. The van der Waals surface area contributed by atoms with Gasteiger partial charge in [0.1, 0.15) is 5.60 Å². The number of likely N-dealkylation sites (tertiary alicyclic amines) is 1. The summed E-state index contributed by atoms with van der Waals surface area (Å²) in [6.45, 7) is 3.97. The fourth-order valence-corrected chi connectivity index (χ4v) is 3.83. The van der Waals surface area contributed by atoms with E-state index >= 15 is 0 Å². The van der Waals surface area contributed by atoms with E-state index in [1.165, 1.54) is 0 Å². The van der Waals surface area contributed by atoms with Crippen LogP contribution in [-0.4, -0.2) is 60.4 Å². The standard InChI is InChI=1S/C18H24N2O4/c21-17(15-3-7-22-11-15)20-12-18(13-20)9-16(4-8-24-18)23-10-14-1-5-19-6-2-14/h1-2,5-6,15-16H,3-4,7-13H2/t15-,16+/m0/s1. The van der Waals surface area contributed by atoms with E-state index in [0.717, 1.165) is 24.8 Å². The first-order valence-corrected chi connectivity index (χ1v) is 8.75. The van der Waals surface area contributed by atoms with Gasteiger partial charge >= 0.3 is 0 Å². The maximum absolute atomic E-state index is 12.4. The lowest BCUT2D eigenvalue weighted by molar-refractivity contribution is -0.204. The first kappa shape index (κ1) is 16.0. The van der Waals surface area contributed by atoms with E-state index in [2.05, 4.69) is 4.98 Å². The summed E-state index contributed by atoms with van der Waals surface area (Å²) in [7, 11) is 0. The second kappa shape index (κ2) is 6.78. The van der Waals surface area contributed by atoms with Crippen molar-refractivity contribution in [3.63, 3.8) is 0 Å². The predicted molar refractivity (Wildman–Crippen MR) is 86.2 cm³/mol. The highest BCUT2D eigenvalue weighted by Gasteiger charge is 2.50. The van der Waals surface area contributed by atoms with Crippen molar-refractivity contribution in [1.82, 2.24) is 9.88 Å². The highest BCUT2D eigenvalue weighted by molar-refractivity contribution is 5.80. The number of ether oxygens (including phenoxy) is 3. The summed E-state index contributed by atoms with van der Waals surface area (Å²) in [6, 6.07) is 3.95. The lowest BCUT2D eigenvalue weighted by atomic mass is 9.84. The van der Waals surface area contributed by atoms with Gasteiger partial charge in [-0.1, -0.05) is 0 Å². The summed E-state index contributed by atoms with van der Waals surface area (Å²) >= 11 is 0. The monoisotopic (exact) mass is 332 g/mol. The molecule has 24 heavy (non-hydrogen) atoms. The molecule has 6 heteroatoms. The fraction of sp³-hybridized carbons (Fsp3) is 0.667. The van der Waals surface area contributed by atoms with Gasteiger partial charge < -0.3 is 19.1 Å². The quantitative estimate of drug-likeness (QED) is 0.834. The molecule has 0 saturated carbocycles. The summed E-state index contributed by atoms with van der Waals surface area (Å²) < 4.78 is 17.4. The van der Waals surface area contributed by atoms with E-state index in [1.807, 2.05) is 17.0 Å². The van der Waals surface area contributed by atoms with Crippen LogP contribution in [0.4, 0.5) is 0 Å². The van der Waals surface area contributed by atoms with Gasteiger partial charge in [-0.3, -0.25) is 9.78 Å². The van der Waals surface area contributed by atoms with Crippen LogP contribution in [0.5, 0.6) is 0 Å². The molecule has 3 saturated heterocycles. The minimum absolute atomic E-state index is 0.0460. The molecule has 1 amide bonds. The molecule has 0 unspecified atom stereocenters. The molecule has 6 nitrogen and oxygen atoms in total. The smallest absolute Gasteiger partial charge is 0.228 e. The molecular formula is C18H24N2O4. The number of pyridine rings is 1. The molecule has 4 heterocycles. The number of carbonyl (C=O) groups excluding carboxylic acids is 1. The van der Waals surface area contributed by atoms with Crippen molar-refractivity contribution in [1.29, 1.82) is 0 Å². The first-order chi connectivity index (χ1) is 11.7. The SMILES string of the molecule is O=C([C@H]1CCOC1)N1CC2(C[C@H](OCc3ccncc3)CCO2)C1. The van der Waals surface area contributed by atoms with E-state index < -0.39 is 0 Å². The van der Waals surface area contributed by atoms with Crippen LogP contribution in [0.15, 0.2) is 24.5 Å². The first-order valence-electron chi connectivity index (χ1n) is 8.75. The van der Waals surface area contributed by atoms with Gasteiger partial charge in [0.15, 0.2) is 0 Å². The maximum atomic E-state index is 12.4. The minimum Gasteiger partial charge on any atom is -0.381 e. The van der Waals surface area contributed by atoms with Crippen LogP contribution in [-0.2, 0) is 25.6 Å². The summed E-state index contributed by atoms with van der Waals surface area (Å²) in [5.41, 5.74) is 0.938. The molecule has 3 aliphatic heterocycles. The molecule has 0 N–H and O–H groups in total. The number of aromatic nitrogens is 1. The Balaban J connectivity index is 1.27. The normalized spacial score (nSPS) is 28.8. The van der Waals surface area contributed by atoms with E-state index in [-0.39, 0.29) is 23.5 Å². The number of rotatable bonds is 4. The molecule has 0 aromatic carbocycles. The van der Waals surface area contributed by atoms with E-state index in [1.54, 1.807) is 12.4 Å². The van der Waals surface area contributed by atoms with Gasteiger partial charge in [0.05, 0.1) is 38.3 Å². The number of hydrogen-bond donors (Lipinski definition) is 0. The molecule has 0 aliphatic carbocycles. The Morgan fingerprint density at radius 2 is 2.12 bits per heavy atom. The van der Waals surface area contributed by atoms with Crippen molar-refractivity contribution >= 4 is 5.91 Å². The second-order valence-corrected chi connectivity index (χ2v) is 7.07. The Hall–Kier alpha value is -1.50. The largest absolute Gasteiger partial charge is 0.381 e. The highest BCUT2D eigenvalue weighted by atomic mass is 16.5. The van der Waals surface area contributed by atoms with Gasteiger partial charge in [0.2, 0.25) is 5.91 Å². The Bertz CT molecular complexity index is 568. The summed E-state index contributed by atoms with van der Waals surface area (Å²) in [5, 5.41) is 0. The molecule has 1 aromatic heterocycles. The lowest BCUT2D eigenvalue weighted by Gasteiger charge is -2.53. The van der Waals surface area contributed by atoms with Crippen molar-refractivity contribution in [2.24, 2.45) is 5.92 Å². The zero-order chi connectivity index (χ0) is 16.4. The van der Waals surface area contributed by atoms with Crippen molar-refractivity contribution in [3.8, 4) is 0 Å². The third-order valence-corrected chi connectivity index (χ3v) is 5.23. The zero-order valence-corrected chi connectivity index (χ0v) is 13.9. The molecule has 0 radical (unpaired) electrons. The average Bonchev–Trinajstić information content (AvgIpc) is 3.13. The minimum atomic E-state index is -0.198. The summed E-state index contributed by atoms with van der Waals surface area (Å²) in [5.74, 6) is 0.270.